The van der Waals surface area contributed by atoms with E-state index in [4.69, 9.17) is 9.47 Å². The highest BCUT2D eigenvalue weighted by Gasteiger charge is 2.46. The zero-order chi connectivity index (χ0) is 17.0. The standard InChI is InChI=1S/C16H27O5P/c1-6-9-13-14(20-4)10-12(11-15(13)21-5)16(7-2,8-3)22(17,18)19/h10-11H,6-9H2,1-5H3,(H2,17,18,19). The molecule has 0 amide bonds. The molecule has 0 aliphatic heterocycles. The van der Waals surface area contributed by atoms with E-state index >= 15 is 0 Å². The summed E-state index contributed by atoms with van der Waals surface area (Å²) >= 11 is 0. The average molecular weight is 330 g/mol. The van der Waals surface area contributed by atoms with Crippen molar-refractivity contribution in [2.75, 3.05) is 14.2 Å². The summed E-state index contributed by atoms with van der Waals surface area (Å²) in [5.74, 6) is 1.24. The number of hydrogen-bond donors (Lipinski definition) is 2. The SMILES string of the molecule is CCCc1c(OC)cc(C(CC)(CC)P(=O)(O)O)cc1OC. The van der Waals surface area contributed by atoms with Gasteiger partial charge in [0.2, 0.25) is 0 Å². The Morgan fingerprint density at radius 1 is 1.05 bits per heavy atom. The smallest absolute Gasteiger partial charge is 0.335 e. The van der Waals surface area contributed by atoms with Crippen LogP contribution >= 0.6 is 7.60 Å². The Kier molecular flexibility index (Phi) is 6.48. The van der Waals surface area contributed by atoms with Crippen molar-refractivity contribution in [3.05, 3.63) is 23.3 Å². The fraction of sp³-hybridized carbons (Fsp3) is 0.625. The average Bonchev–Trinajstić information content (AvgIpc) is 2.48. The number of benzene rings is 1. The predicted octanol–water partition coefficient (Wildman–Crippen LogP) is 3.85. The van der Waals surface area contributed by atoms with Crippen LogP contribution in [0.25, 0.3) is 0 Å². The van der Waals surface area contributed by atoms with Gasteiger partial charge in [0.05, 0.1) is 19.4 Å². The summed E-state index contributed by atoms with van der Waals surface area (Å²) in [5.41, 5.74) is 1.50. The monoisotopic (exact) mass is 330 g/mol. The van der Waals surface area contributed by atoms with Crippen LogP contribution in [0.2, 0.25) is 0 Å². The van der Waals surface area contributed by atoms with Crippen LogP contribution in [0.3, 0.4) is 0 Å². The maximum absolute atomic E-state index is 12.1. The highest BCUT2D eigenvalue weighted by molar-refractivity contribution is 7.53. The Morgan fingerprint density at radius 2 is 1.50 bits per heavy atom. The summed E-state index contributed by atoms with van der Waals surface area (Å²) in [6.45, 7) is 5.65. The van der Waals surface area contributed by atoms with E-state index < -0.39 is 12.8 Å². The first-order chi connectivity index (χ1) is 10.3. The molecule has 1 rings (SSSR count). The fourth-order valence-corrected chi connectivity index (χ4v) is 4.28. The largest absolute Gasteiger partial charge is 0.496 e. The molecule has 0 aromatic heterocycles. The molecule has 126 valence electrons. The number of hydrogen-bond acceptors (Lipinski definition) is 3. The van der Waals surface area contributed by atoms with Gasteiger partial charge < -0.3 is 19.3 Å². The maximum Gasteiger partial charge on any atom is 0.335 e. The topological polar surface area (TPSA) is 76.0 Å². The maximum atomic E-state index is 12.1. The normalized spacial score (nSPS) is 12.3. The first-order valence-corrected chi connectivity index (χ1v) is 9.23. The Hall–Kier alpha value is -1.03. The minimum atomic E-state index is -4.33. The molecule has 6 heteroatoms. The molecule has 1 aromatic rings. The van der Waals surface area contributed by atoms with Gasteiger partial charge in [-0.05, 0) is 37.0 Å². The molecule has 0 saturated heterocycles. The van der Waals surface area contributed by atoms with Crippen LogP contribution < -0.4 is 9.47 Å². The van der Waals surface area contributed by atoms with Crippen molar-refractivity contribution in [2.24, 2.45) is 0 Å². The van der Waals surface area contributed by atoms with E-state index in [0.29, 0.717) is 29.9 Å². The molecule has 0 spiro atoms. The molecule has 1 aromatic carbocycles. The first kappa shape index (κ1) is 19.0. The van der Waals surface area contributed by atoms with Gasteiger partial charge in [-0.2, -0.15) is 0 Å². The third kappa shape index (κ3) is 3.32. The zero-order valence-electron chi connectivity index (χ0n) is 14.0. The van der Waals surface area contributed by atoms with Gasteiger partial charge in [0.15, 0.2) is 0 Å². The Morgan fingerprint density at radius 3 is 1.77 bits per heavy atom. The van der Waals surface area contributed by atoms with Crippen molar-refractivity contribution in [2.45, 2.75) is 51.6 Å². The molecule has 0 bridgehead atoms. The third-order valence-electron chi connectivity index (χ3n) is 4.37. The molecule has 5 nitrogen and oxygen atoms in total. The molecule has 0 aliphatic carbocycles. The summed E-state index contributed by atoms with van der Waals surface area (Å²) in [6.07, 6.45) is 2.39. The van der Waals surface area contributed by atoms with Gasteiger partial charge in [-0.1, -0.05) is 27.2 Å². The van der Waals surface area contributed by atoms with E-state index in [1.165, 1.54) is 0 Å². The number of ether oxygens (including phenoxy) is 2. The van der Waals surface area contributed by atoms with Gasteiger partial charge in [0.25, 0.3) is 0 Å². The lowest BCUT2D eigenvalue weighted by atomic mass is 9.90. The van der Waals surface area contributed by atoms with Gasteiger partial charge in [-0.15, -0.1) is 0 Å². The molecule has 22 heavy (non-hydrogen) atoms. The van der Waals surface area contributed by atoms with Crippen LogP contribution in [0.5, 0.6) is 11.5 Å². The second-order valence-corrected chi connectivity index (χ2v) is 7.34. The Bertz CT molecular complexity index is 520. The molecule has 0 unspecified atom stereocenters. The van der Waals surface area contributed by atoms with Gasteiger partial charge >= 0.3 is 7.60 Å². The van der Waals surface area contributed by atoms with E-state index in [2.05, 4.69) is 6.92 Å². The first-order valence-electron chi connectivity index (χ1n) is 7.62. The van der Waals surface area contributed by atoms with Crippen LogP contribution in [0.15, 0.2) is 12.1 Å². The second kappa shape index (κ2) is 7.49. The third-order valence-corrected chi connectivity index (χ3v) is 6.38. The quantitative estimate of drug-likeness (QED) is 0.708. The molecular formula is C16H27O5P. The summed E-state index contributed by atoms with van der Waals surface area (Å²) in [6, 6.07) is 3.50. The van der Waals surface area contributed by atoms with Crippen LogP contribution in [0, 0.1) is 0 Å². The van der Waals surface area contributed by atoms with Crippen molar-refractivity contribution in [3.8, 4) is 11.5 Å². The van der Waals surface area contributed by atoms with Gasteiger partial charge in [0, 0.05) is 5.56 Å². The minimum absolute atomic E-state index is 0.340. The van der Waals surface area contributed by atoms with Crippen LogP contribution in [-0.2, 0) is 16.1 Å². The van der Waals surface area contributed by atoms with Crippen molar-refractivity contribution >= 4 is 7.60 Å². The van der Waals surface area contributed by atoms with Crippen LogP contribution in [-0.4, -0.2) is 24.0 Å². The Labute approximate surface area is 132 Å². The van der Waals surface area contributed by atoms with E-state index in [1.807, 2.05) is 0 Å². The van der Waals surface area contributed by atoms with Gasteiger partial charge in [-0.25, -0.2) is 0 Å². The summed E-state index contributed by atoms with van der Waals surface area (Å²) in [7, 11) is -1.20. The molecule has 0 heterocycles. The summed E-state index contributed by atoms with van der Waals surface area (Å²) in [4.78, 5) is 19.8. The van der Waals surface area contributed by atoms with E-state index in [1.54, 1.807) is 40.2 Å². The molecule has 0 radical (unpaired) electrons. The van der Waals surface area contributed by atoms with Crippen molar-refractivity contribution in [1.82, 2.24) is 0 Å². The predicted molar refractivity (Wildman–Crippen MR) is 87.8 cm³/mol. The second-order valence-electron chi connectivity index (χ2n) is 5.39. The molecule has 2 N–H and O–H groups in total. The van der Waals surface area contributed by atoms with E-state index in [9.17, 15) is 14.4 Å². The lowest BCUT2D eigenvalue weighted by Crippen LogP contribution is -2.25. The van der Waals surface area contributed by atoms with Crippen LogP contribution in [0.4, 0.5) is 0 Å². The summed E-state index contributed by atoms with van der Waals surface area (Å²) < 4.78 is 23.0. The molecule has 0 fully saturated rings. The number of methoxy groups -OCH3 is 2. The summed E-state index contributed by atoms with van der Waals surface area (Å²) in [5, 5.41) is -1.21. The Balaban J connectivity index is 3.63. The lowest BCUT2D eigenvalue weighted by molar-refractivity contribution is 0.313. The molecule has 0 aliphatic rings. The van der Waals surface area contributed by atoms with Crippen molar-refractivity contribution in [1.29, 1.82) is 0 Å². The van der Waals surface area contributed by atoms with Gasteiger partial charge in [0.1, 0.15) is 11.5 Å². The molecular weight excluding hydrogens is 303 g/mol. The molecule has 0 saturated carbocycles. The number of rotatable bonds is 8. The fourth-order valence-electron chi connectivity index (χ4n) is 2.99. The van der Waals surface area contributed by atoms with Crippen molar-refractivity contribution in [3.63, 3.8) is 0 Å². The minimum Gasteiger partial charge on any atom is -0.496 e. The highest BCUT2D eigenvalue weighted by Crippen LogP contribution is 2.61. The van der Waals surface area contributed by atoms with Crippen LogP contribution in [0.1, 0.15) is 51.2 Å². The van der Waals surface area contributed by atoms with E-state index in [0.717, 1.165) is 18.4 Å². The van der Waals surface area contributed by atoms with E-state index in [-0.39, 0.29) is 0 Å². The molecule has 0 atom stereocenters. The lowest BCUT2D eigenvalue weighted by Gasteiger charge is -2.33. The van der Waals surface area contributed by atoms with Crippen molar-refractivity contribution < 1.29 is 23.8 Å². The highest BCUT2D eigenvalue weighted by atomic mass is 31.2. The van der Waals surface area contributed by atoms with Gasteiger partial charge in [-0.3, -0.25) is 4.57 Å². The zero-order valence-corrected chi connectivity index (χ0v) is 14.9.